The molecule has 1 aromatic rings. The fourth-order valence-corrected chi connectivity index (χ4v) is 1.09. The normalized spacial score (nSPS) is 8.53. The van der Waals surface area contributed by atoms with E-state index in [9.17, 15) is 4.39 Å². The second kappa shape index (κ2) is 11.2. The molecule has 1 nitrogen and oxygen atoms in total. The standard InChI is InChI=1S/C10H13F.C2H6.CH4O/c1-8(2)7-9-3-5-10(11)6-4-9;2*1-2/h3-6,8H,7H2,1-2H3;1-2H3;2H,1H3. The summed E-state index contributed by atoms with van der Waals surface area (Å²) in [5.41, 5.74) is 1.21. The van der Waals surface area contributed by atoms with Gasteiger partial charge in [-0.25, -0.2) is 4.39 Å². The minimum atomic E-state index is -0.155. The number of benzene rings is 1. The first-order valence-corrected chi connectivity index (χ1v) is 5.37. The van der Waals surface area contributed by atoms with Crippen molar-refractivity contribution in [3.8, 4) is 0 Å². The van der Waals surface area contributed by atoms with Gasteiger partial charge in [-0.3, -0.25) is 0 Å². The monoisotopic (exact) mass is 214 g/mol. The zero-order chi connectivity index (χ0) is 12.3. The van der Waals surface area contributed by atoms with Crippen LogP contribution in [0.2, 0.25) is 0 Å². The van der Waals surface area contributed by atoms with Gasteiger partial charge < -0.3 is 5.11 Å². The molecule has 0 bridgehead atoms. The Morgan fingerprint density at radius 1 is 1.07 bits per heavy atom. The molecule has 2 heteroatoms. The molecule has 1 N–H and O–H groups in total. The molecule has 88 valence electrons. The summed E-state index contributed by atoms with van der Waals surface area (Å²) in [6.07, 6.45) is 1.03. The van der Waals surface area contributed by atoms with Crippen molar-refractivity contribution in [1.29, 1.82) is 0 Å². The molecule has 0 aliphatic rings. The fourth-order valence-electron chi connectivity index (χ4n) is 1.09. The van der Waals surface area contributed by atoms with Gasteiger partial charge in [0.25, 0.3) is 0 Å². The first-order valence-electron chi connectivity index (χ1n) is 5.37. The van der Waals surface area contributed by atoms with Crippen molar-refractivity contribution < 1.29 is 9.50 Å². The summed E-state index contributed by atoms with van der Waals surface area (Å²) in [6.45, 7) is 8.31. The first-order chi connectivity index (χ1) is 7.18. The summed E-state index contributed by atoms with van der Waals surface area (Å²) in [6, 6.07) is 6.71. The fraction of sp³-hybridized carbons (Fsp3) is 0.538. The molecule has 0 spiro atoms. The van der Waals surface area contributed by atoms with Crippen LogP contribution in [0.5, 0.6) is 0 Å². The Balaban J connectivity index is 0. The number of rotatable bonds is 2. The molecule has 0 aromatic heterocycles. The molecule has 0 heterocycles. The van der Waals surface area contributed by atoms with Crippen molar-refractivity contribution in [2.75, 3.05) is 7.11 Å². The number of aliphatic hydroxyl groups is 1. The van der Waals surface area contributed by atoms with Crippen LogP contribution >= 0.6 is 0 Å². The second-order valence-electron chi connectivity index (χ2n) is 3.22. The van der Waals surface area contributed by atoms with E-state index in [1.54, 1.807) is 0 Å². The van der Waals surface area contributed by atoms with Crippen LogP contribution in [0, 0.1) is 11.7 Å². The Hall–Kier alpha value is -0.890. The molecule has 0 unspecified atom stereocenters. The van der Waals surface area contributed by atoms with Gasteiger partial charge in [0.2, 0.25) is 0 Å². The summed E-state index contributed by atoms with van der Waals surface area (Å²) >= 11 is 0. The smallest absolute Gasteiger partial charge is 0.123 e. The topological polar surface area (TPSA) is 20.2 Å². The van der Waals surface area contributed by atoms with Crippen LogP contribution in [0.15, 0.2) is 24.3 Å². The zero-order valence-electron chi connectivity index (χ0n) is 10.4. The summed E-state index contributed by atoms with van der Waals surface area (Å²) in [5.74, 6) is 0.484. The third-order valence-corrected chi connectivity index (χ3v) is 1.56. The van der Waals surface area contributed by atoms with Crippen molar-refractivity contribution in [3.05, 3.63) is 35.6 Å². The molecule has 0 saturated heterocycles. The third-order valence-electron chi connectivity index (χ3n) is 1.56. The molecule has 1 rings (SSSR count). The molecule has 0 fully saturated rings. The average Bonchev–Trinajstić information content (AvgIpc) is 2.27. The van der Waals surface area contributed by atoms with E-state index >= 15 is 0 Å². The molecule has 0 amide bonds. The highest BCUT2D eigenvalue weighted by Gasteiger charge is 1.96. The van der Waals surface area contributed by atoms with Gasteiger partial charge in [0, 0.05) is 7.11 Å². The molecule has 15 heavy (non-hydrogen) atoms. The predicted octanol–water partition coefficient (Wildman–Crippen LogP) is 3.66. The molecular weight excluding hydrogens is 191 g/mol. The lowest BCUT2D eigenvalue weighted by atomic mass is 10.0. The van der Waals surface area contributed by atoms with Crippen LogP contribution < -0.4 is 0 Å². The molecule has 0 aliphatic heterocycles. The largest absolute Gasteiger partial charge is 0.400 e. The van der Waals surface area contributed by atoms with Gasteiger partial charge in [-0.05, 0) is 30.0 Å². The van der Waals surface area contributed by atoms with E-state index in [4.69, 9.17) is 5.11 Å². The van der Waals surface area contributed by atoms with E-state index in [0.717, 1.165) is 13.5 Å². The lowest BCUT2D eigenvalue weighted by Crippen LogP contribution is -1.93. The SMILES string of the molecule is CC.CC(C)Cc1ccc(F)cc1.CO. The van der Waals surface area contributed by atoms with Crippen molar-refractivity contribution >= 4 is 0 Å². The van der Waals surface area contributed by atoms with Crippen molar-refractivity contribution in [1.82, 2.24) is 0 Å². The second-order valence-corrected chi connectivity index (χ2v) is 3.22. The highest BCUT2D eigenvalue weighted by molar-refractivity contribution is 5.16. The number of aliphatic hydroxyl groups excluding tert-OH is 1. The van der Waals surface area contributed by atoms with Crippen molar-refractivity contribution in [2.45, 2.75) is 34.1 Å². The molecule has 0 aliphatic carbocycles. The van der Waals surface area contributed by atoms with Crippen molar-refractivity contribution in [3.63, 3.8) is 0 Å². The summed E-state index contributed by atoms with van der Waals surface area (Å²) in [5, 5.41) is 7.00. The zero-order valence-corrected chi connectivity index (χ0v) is 10.4. The lowest BCUT2D eigenvalue weighted by molar-refractivity contribution is 0.399. The first kappa shape index (κ1) is 16.5. The maximum atomic E-state index is 12.4. The van der Waals surface area contributed by atoms with Gasteiger partial charge >= 0.3 is 0 Å². The molecule has 0 saturated carbocycles. The highest BCUT2D eigenvalue weighted by Crippen LogP contribution is 2.08. The summed E-state index contributed by atoms with van der Waals surface area (Å²) in [7, 11) is 1.00. The van der Waals surface area contributed by atoms with Gasteiger partial charge in [-0.2, -0.15) is 0 Å². The third kappa shape index (κ3) is 9.42. The van der Waals surface area contributed by atoms with Crippen LogP contribution in [0.25, 0.3) is 0 Å². The predicted molar refractivity (Wildman–Crippen MR) is 64.4 cm³/mol. The Morgan fingerprint density at radius 2 is 1.47 bits per heavy atom. The van der Waals surface area contributed by atoms with E-state index < -0.39 is 0 Å². The minimum Gasteiger partial charge on any atom is -0.400 e. The van der Waals surface area contributed by atoms with E-state index in [1.165, 1.54) is 17.7 Å². The van der Waals surface area contributed by atoms with Crippen LogP contribution in [0.1, 0.15) is 33.3 Å². The summed E-state index contributed by atoms with van der Waals surface area (Å²) in [4.78, 5) is 0. The van der Waals surface area contributed by atoms with Gasteiger partial charge in [-0.15, -0.1) is 0 Å². The highest BCUT2D eigenvalue weighted by atomic mass is 19.1. The van der Waals surface area contributed by atoms with Gasteiger partial charge in [0.15, 0.2) is 0 Å². The Morgan fingerprint density at radius 3 is 1.80 bits per heavy atom. The molecule has 0 atom stereocenters. The van der Waals surface area contributed by atoms with E-state index in [1.807, 2.05) is 26.0 Å². The molecular formula is C13H23FO. The number of halogens is 1. The summed E-state index contributed by atoms with van der Waals surface area (Å²) < 4.78 is 12.4. The van der Waals surface area contributed by atoms with Gasteiger partial charge in [-0.1, -0.05) is 39.8 Å². The minimum absolute atomic E-state index is 0.155. The van der Waals surface area contributed by atoms with Gasteiger partial charge in [0.1, 0.15) is 5.82 Å². The van der Waals surface area contributed by atoms with E-state index in [2.05, 4.69) is 13.8 Å². The maximum Gasteiger partial charge on any atom is 0.123 e. The van der Waals surface area contributed by atoms with Crippen LogP contribution in [-0.2, 0) is 6.42 Å². The number of hydrogen-bond donors (Lipinski definition) is 1. The van der Waals surface area contributed by atoms with Crippen molar-refractivity contribution in [2.24, 2.45) is 5.92 Å². The Kier molecular flexibility index (Phi) is 12.3. The number of hydrogen-bond acceptors (Lipinski definition) is 1. The quantitative estimate of drug-likeness (QED) is 0.796. The van der Waals surface area contributed by atoms with Crippen LogP contribution in [-0.4, -0.2) is 12.2 Å². The van der Waals surface area contributed by atoms with E-state index in [-0.39, 0.29) is 5.82 Å². The van der Waals surface area contributed by atoms with E-state index in [0.29, 0.717) is 5.92 Å². The van der Waals surface area contributed by atoms with Gasteiger partial charge in [0.05, 0.1) is 0 Å². The Labute approximate surface area is 93.0 Å². The maximum absolute atomic E-state index is 12.4. The Bertz CT molecular complexity index is 216. The average molecular weight is 214 g/mol. The van der Waals surface area contributed by atoms with Crippen LogP contribution in [0.4, 0.5) is 4.39 Å². The molecule has 0 radical (unpaired) electrons. The van der Waals surface area contributed by atoms with Crippen LogP contribution in [0.3, 0.4) is 0 Å². The molecule has 1 aromatic carbocycles. The lowest BCUT2D eigenvalue weighted by Gasteiger charge is -2.03.